The van der Waals surface area contributed by atoms with Crippen LogP contribution < -0.4 is 0 Å². The molecular weight excluding hydrogens is 450 g/mol. The van der Waals surface area contributed by atoms with Crippen molar-refractivity contribution in [2.75, 3.05) is 40.3 Å². The lowest BCUT2D eigenvalue weighted by molar-refractivity contribution is 0.0535. The maximum atomic E-state index is 13.0. The van der Waals surface area contributed by atoms with Gasteiger partial charge in [-0.3, -0.25) is 9.59 Å². The fourth-order valence-corrected chi connectivity index (χ4v) is 4.64. The van der Waals surface area contributed by atoms with Crippen molar-refractivity contribution in [1.82, 2.24) is 14.1 Å². The summed E-state index contributed by atoms with van der Waals surface area (Å²) in [6, 6.07) is 11.7. The molecule has 1 saturated heterocycles. The first kappa shape index (κ1) is 24.2. The Morgan fingerprint density at radius 3 is 1.94 bits per heavy atom. The van der Waals surface area contributed by atoms with Crippen LogP contribution in [0, 0.1) is 0 Å². The highest BCUT2D eigenvalue weighted by atomic mass is 35.5. The quantitative estimate of drug-likeness (QED) is 0.661. The molecule has 2 amide bonds. The van der Waals surface area contributed by atoms with Gasteiger partial charge in [0.05, 0.1) is 15.5 Å². The molecule has 32 heavy (non-hydrogen) atoms. The average molecular weight is 478 g/mol. The van der Waals surface area contributed by atoms with E-state index in [0.717, 1.165) is 4.31 Å². The molecule has 1 aliphatic heterocycles. The third-order valence-electron chi connectivity index (χ3n) is 5.63. The van der Waals surface area contributed by atoms with E-state index in [9.17, 15) is 18.0 Å². The molecule has 0 radical (unpaired) electrons. The zero-order chi connectivity index (χ0) is 23.6. The maximum Gasteiger partial charge on any atom is 0.255 e. The molecule has 0 saturated carbocycles. The first-order valence-corrected chi connectivity index (χ1v) is 12.2. The molecule has 0 aromatic heterocycles. The summed E-state index contributed by atoms with van der Waals surface area (Å²) in [6.45, 7) is 5.68. The van der Waals surface area contributed by atoms with E-state index in [4.69, 9.17) is 11.6 Å². The Kier molecular flexibility index (Phi) is 7.27. The molecule has 0 N–H and O–H groups in total. The van der Waals surface area contributed by atoms with Crippen molar-refractivity contribution in [2.24, 2.45) is 0 Å². The molecular formula is C23H28ClN3O4S. The lowest BCUT2D eigenvalue weighted by atomic mass is 10.0. The smallest absolute Gasteiger partial charge is 0.255 e. The predicted octanol–water partition coefficient (Wildman–Crippen LogP) is 3.31. The third kappa shape index (κ3) is 4.98. The molecule has 1 aliphatic rings. The van der Waals surface area contributed by atoms with E-state index < -0.39 is 10.0 Å². The molecule has 1 heterocycles. The van der Waals surface area contributed by atoms with Crippen LogP contribution in [-0.4, -0.2) is 74.6 Å². The number of amides is 2. The molecule has 7 nitrogen and oxygen atoms in total. The third-order valence-corrected chi connectivity index (χ3v) is 7.77. The fourth-order valence-electron chi connectivity index (χ4n) is 3.52. The summed E-state index contributed by atoms with van der Waals surface area (Å²) in [7, 11) is -0.831. The Morgan fingerprint density at radius 2 is 1.44 bits per heavy atom. The maximum absolute atomic E-state index is 13.0. The van der Waals surface area contributed by atoms with Gasteiger partial charge in [0, 0.05) is 45.8 Å². The lowest BCUT2D eigenvalue weighted by Gasteiger charge is -2.35. The molecule has 0 spiro atoms. The Bertz CT molecular complexity index is 1110. The zero-order valence-electron chi connectivity index (χ0n) is 18.7. The number of carbonyl (C=O) groups excluding carboxylic acids is 2. The van der Waals surface area contributed by atoms with Gasteiger partial charge in [0.2, 0.25) is 10.0 Å². The van der Waals surface area contributed by atoms with Gasteiger partial charge in [-0.1, -0.05) is 37.6 Å². The number of halogens is 1. The molecule has 0 unspecified atom stereocenters. The molecule has 0 bridgehead atoms. The summed E-state index contributed by atoms with van der Waals surface area (Å²) >= 11 is 6.21. The van der Waals surface area contributed by atoms with Crippen LogP contribution in [0.25, 0.3) is 0 Å². The Balaban J connectivity index is 1.70. The fraction of sp³-hybridized carbons (Fsp3) is 0.391. The van der Waals surface area contributed by atoms with Gasteiger partial charge in [0.25, 0.3) is 11.8 Å². The Labute approximate surface area is 194 Å². The number of carbonyl (C=O) groups is 2. The molecule has 2 aromatic rings. The largest absolute Gasteiger partial charge is 0.335 e. The monoisotopic (exact) mass is 477 g/mol. The van der Waals surface area contributed by atoms with Crippen LogP contribution in [0.4, 0.5) is 0 Å². The van der Waals surface area contributed by atoms with Gasteiger partial charge in [-0.15, -0.1) is 0 Å². The summed E-state index contributed by atoms with van der Waals surface area (Å²) in [6.07, 6.45) is 0. The van der Waals surface area contributed by atoms with Gasteiger partial charge in [0.1, 0.15) is 0 Å². The van der Waals surface area contributed by atoms with Crippen LogP contribution >= 0.6 is 11.6 Å². The highest BCUT2D eigenvalue weighted by Crippen LogP contribution is 2.24. The number of rotatable bonds is 5. The van der Waals surface area contributed by atoms with Crippen LogP contribution in [0.1, 0.15) is 46.0 Å². The summed E-state index contributed by atoms with van der Waals surface area (Å²) in [5.74, 6) is -0.0181. The SMILES string of the molecule is CC(C)c1ccc(C(=O)N2CCN(C(=O)c3cc(S(=O)(=O)N(C)C)ccc3Cl)CC2)cc1. The van der Waals surface area contributed by atoms with Crippen LogP contribution in [0.5, 0.6) is 0 Å². The van der Waals surface area contributed by atoms with Crippen molar-refractivity contribution >= 4 is 33.4 Å². The molecule has 9 heteroatoms. The zero-order valence-corrected chi connectivity index (χ0v) is 20.3. The lowest BCUT2D eigenvalue weighted by Crippen LogP contribution is -2.50. The minimum absolute atomic E-state index is 0.00825. The van der Waals surface area contributed by atoms with Crippen molar-refractivity contribution < 1.29 is 18.0 Å². The molecule has 3 rings (SSSR count). The van der Waals surface area contributed by atoms with Crippen LogP contribution in [0.2, 0.25) is 5.02 Å². The summed E-state index contributed by atoms with van der Waals surface area (Å²) in [5.41, 5.74) is 1.94. The van der Waals surface area contributed by atoms with Crippen molar-refractivity contribution in [1.29, 1.82) is 0 Å². The van der Waals surface area contributed by atoms with Crippen molar-refractivity contribution in [3.63, 3.8) is 0 Å². The predicted molar refractivity (Wildman–Crippen MR) is 125 cm³/mol. The van der Waals surface area contributed by atoms with E-state index in [2.05, 4.69) is 13.8 Å². The number of hydrogen-bond donors (Lipinski definition) is 0. The summed E-state index contributed by atoms with van der Waals surface area (Å²) in [5, 5.41) is 0.191. The van der Waals surface area contributed by atoms with E-state index in [0.29, 0.717) is 37.7 Å². The number of sulfonamides is 1. The average Bonchev–Trinajstić information content (AvgIpc) is 2.78. The highest BCUT2D eigenvalue weighted by molar-refractivity contribution is 7.89. The van der Waals surface area contributed by atoms with Crippen molar-refractivity contribution in [3.05, 3.63) is 64.2 Å². The van der Waals surface area contributed by atoms with Gasteiger partial charge in [0.15, 0.2) is 0 Å². The van der Waals surface area contributed by atoms with Gasteiger partial charge >= 0.3 is 0 Å². The van der Waals surface area contributed by atoms with Gasteiger partial charge in [-0.2, -0.15) is 0 Å². The van der Waals surface area contributed by atoms with E-state index in [1.54, 1.807) is 9.80 Å². The molecule has 0 atom stereocenters. The normalized spacial score (nSPS) is 14.8. The second kappa shape index (κ2) is 9.60. The highest BCUT2D eigenvalue weighted by Gasteiger charge is 2.28. The van der Waals surface area contributed by atoms with Gasteiger partial charge in [-0.05, 0) is 41.8 Å². The molecule has 1 fully saturated rings. The van der Waals surface area contributed by atoms with E-state index in [-0.39, 0.29) is 27.3 Å². The summed E-state index contributed by atoms with van der Waals surface area (Å²) in [4.78, 5) is 29.2. The van der Waals surface area contributed by atoms with Crippen LogP contribution in [0.3, 0.4) is 0 Å². The number of hydrogen-bond acceptors (Lipinski definition) is 4. The van der Waals surface area contributed by atoms with Crippen LogP contribution in [-0.2, 0) is 10.0 Å². The molecule has 172 valence electrons. The van der Waals surface area contributed by atoms with Gasteiger partial charge < -0.3 is 9.80 Å². The summed E-state index contributed by atoms with van der Waals surface area (Å²) < 4.78 is 25.9. The first-order valence-electron chi connectivity index (χ1n) is 10.4. The Hall–Kier alpha value is -2.42. The van der Waals surface area contributed by atoms with Crippen LogP contribution in [0.15, 0.2) is 47.4 Å². The standard InChI is InChI=1S/C23H28ClN3O4S/c1-16(2)17-5-7-18(8-6-17)22(28)26-11-13-27(14-12-26)23(29)20-15-19(9-10-21(20)24)32(30,31)25(3)4/h5-10,15-16H,11-14H2,1-4H3. The number of piperazine rings is 1. The Morgan fingerprint density at radius 1 is 0.906 bits per heavy atom. The number of nitrogens with zero attached hydrogens (tertiary/aromatic N) is 3. The van der Waals surface area contributed by atoms with E-state index >= 15 is 0 Å². The first-order chi connectivity index (χ1) is 15.0. The van der Waals surface area contributed by atoms with Crippen molar-refractivity contribution in [3.8, 4) is 0 Å². The van der Waals surface area contributed by atoms with Crippen molar-refractivity contribution in [2.45, 2.75) is 24.7 Å². The molecule has 2 aromatic carbocycles. The second-order valence-electron chi connectivity index (χ2n) is 8.29. The van der Waals surface area contributed by atoms with Gasteiger partial charge in [-0.25, -0.2) is 12.7 Å². The second-order valence-corrected chi connectivity index (χ2v) is 10.8. The van der Waals surface area contributed by atoms with E-state index in [1.165, 1.54) is 37.9 Å². The minimum Gasteiger partial charge on any atom is -0.335 e. The molecule has 0 aliphatic carbocycles. The topological polar surface area (TPSA) is 78.0 Å². The van der Waals surface area contributed by atoms with E-state index in [1.807, 2.05) is 24.3 Å². The number of benzene rings is 2. The minimum atomic E-state index is -3.69.